The van der Waals surface area contributed by atoms with Crippen LogP contribution in [0.15, 0.2) is 0 Å². The molecular formula is C14H28O2Si. The Balaban J connectivity index is 2.51. The van der Waals surface area contributed by atoms with Crippen molar-refractivity contribution < 1.29 is 9.22 Å². The number of rotatable bonds is 4. The van der Waals surface area contributed by atoms with Crippen LogP contribution in [-0.4, -0.2) is 21.2 Å². The molecule has 0 N–H and O–H groups in total. The van der Waals surface area contributed by atoms with Crippen LogP contribution in [0.25, 0.3) is 0 Å². The second-order valence-corrected chi connectivity index (χ2v) is 11.7. The van der Waals surface area contributed by atoms with Crippen molar-refractivity contribution in [1.29, 1.82) is 0 Å². The summed E-state index contributed by atoms with van der Waals surface area (Å²) in [6.07, 6.45) is 5.85. The zero-order valence-electron chi connectivity index (χ0n) is 12.1. The molecular weight excluding hydrogens is 228 g/mol. The molecule has 100 valence electrons. The van der Waals surface area contributed by atoms with Gasteiger partial charge in [-0.15, -0.1) is 0 Å². The van der Waals surface area contributed by atoms with Gasteiger partial charge in [-0.3, -0.25) is 0 Å². The van der Waals surface area contributed by atoms with E-state index in [1.54, 1.807) is 0 Å². The monoisotopic (exact) mass is 256 g/mol. The molecule has 1 aliphatic carbocycles. The van der Waals surface area contributed by atoms with Crippen LogP contribution in [0.1, 0.15) is 46.5 Å². The summed E-state index contributed by atoms with van der Waals surface area (Å²) in [5, 5.41) is 0.262. The van der Waals surface area contributed by atoms with E-state index in [1.807, 2.05) is 0 Å². The van der Waals surface area contributed by atoms with Gasteiger partial charge in [-0.05, 0) is 36.9 Å². The molecule has 1 aliphatic rings. The first-order valence-electron chi connectivity index (χ1n) is 6.87. The number of aldehydes is 1. The van der Waals surface area contributed by atoms with Crippen LogP contribution < -0.4 is 0 Å². The zero-order chi connectivity index (χ0) is 13.1. The van der Waals surface area contributed by atoms with Crippen LogP contribution >= 0.6 is 0 Å². The normalized spacial score (nSPS) is 26.9. The largest absolute Gasteiger partial charge is 0.417 e. The maximum absolute atomic E-state index is 11.0. The second kappa shape index (κ2) is 5.66. The first kappa shape index (κ1) is 14.9. The van der Waals surface area contributed by atoms with Crippen LogP contribution in [0, 0.1) is 11.8 Å². The van der Waals surface area contributed by atoms with Crippen LogP contribution in [-0.2, 0) is 9.22 Å². The van der Waals surface area contributed by atoms with E-state index < -0.39 is 8.32 Å². The van der Waals surface area contributed by atoms with Gasteiger partial charge in [-0.2, -0.15) is 0 Å². The van der Waals surface area contributed by atoms with Gasteiger partial charge in [0.05, 0.1) is 0 Å². The summed E-state index contributed by atoms with van der Waals surface area (Å²) in [5.74, 6) is 0.712. The predicted molar refractivity (Wildman–Crippen MR) is 74.7 cm³/mol. The van der Waals surface area contributed by atoms with E-state index in [9.17, 15) is 4.79 Å². The molecule has 0 spiro atoms. The summed E-state index contributed by atoms with van der Waals surface area (Å²) < 4.78 is 6.25. The van der Waals surface area contributed by atoms with Gasteiger partial charge in [-0.25, -0.2) is 0 Å². The number of hydrogen-bond acceptors (Lipinski definition) is 2. The van der Waals surface area contributed by atoms with Crippen molar-refractivity contribution in [2.45, 2.75) is 64.6 Å². The molecule has 1 saturated carbocycles. The molecule has 0 aliphatic heterocycles. The Morgan fingerprint density at radius 3 is 2.35 bits per heavy atom. The van der Waals surface area contributed by atoms with Crippen LogP contribution in [0.5, 0.6) is 0 Å². The Morgan fingerprint density at radius 2 is 1.82 bits per heavy atom. The molecule has 0 saturated heterocycles. The topological polar surface area (TPSA) is 26.3 Å². The van der Waals surface area contributed by atoms with Gasteiger partial charge in [0.2, 0.25) is 0 Å². The molecule has 0 amide bonds. The van der Waals surface area contributed by atoms with Crippen LogP contribution in [0.4, 0.5) is 0 Å². The highest BCUT2D eigenvalue weighted by Crippen LogP contribution is 2.38. The lowest BCUT2D eigenvalue weighted by Crippen LogP contribution is -2.43. The van der Waals surface area contributed by atoms with Crippen molar-refractivity contribution >= 4 is 14.6 Å². The predicted octanol–water partition coefficient (Wildman–Crippen LogP) is 4.01. The number of carbonyl (C=O) groups is 1. The Morgan fingerprint density at radius 1 is 1.24 bits per heavy atom. The lowest BCUT2D eigenvalue weighted by Gasteiger charge is -2.38. The minimum absolute atomic E-state index is 0.244. The maximum Gasteiger partial charge on any atom is 0.191 e. The van der Waals surface area contributed by atoms with E-state index in [4.69, 9.17) is 4.43 Å². The Hall–Kier alpha value is -0.153. The third-order valence-electron chi connectivity index (χ3n) is 4.61. The fourth-order valence-corrected chi connectivity index (χ4v) is 3.22. The van der Waals surface area contributed by atoms with E-state index in [1.165, 1.54) is 12.8 Å². The van der Waals surface area contributed by atoms with E-state index >= 15 is 0 Å². The summed E-state index contributed by atoms with van der Waals surface area (Å²) in [6, 6.07) is 0. The molecule has 0 bridgehead atoms. The quantitative estimate of drug-likeness (QED) is 0.561. The highest BCUT2D eigenvalue weighted by atomic mass is 28.4. The van der Waals surface area contributed by atoms with E-state index in [-0.39, 0.29) is 11.0 Å². The van der Waals surface area contributed by atoms with Gasteiger partial charge in [0.25, 0.3) is 0 Å². The van der Waals surface area contributed by atoms with Gasteiger partial charge in [0.15, 0.2) is 8.32 Å². The SMILES string of the molecule is CC(C)(C)[Si](C)(C)OC[C@H]1CCCC[C@H]1C=O. The molecule has 3 heteroatoms. The summed E-state index contributed by atoms with van der Waals surface area (Å²) in [5.41, 5.74) is 0. The third kappa shape index (κ3) is 3.92. The second-order valence-electron chi connectivity index (χ2n) is 6.92. The smallest absolute Gasteiger partial charge is 0.191 e. The van der Waals surface area contributed by atoms with Gasteiger partial charge >= 0.3 is 0 Å². The standard InChI is InChI=1S/C14H28O2Si/c1-14(2,3)17(4,5)16-11-13-9-7-6-8-12(13)10-15/h10,12-13H,6-9,11H2,1-5H3/t12-,13+/m0/s1. The average molecular weight is 256 g/mol. The molecule has 0 aromatic heterocycles. The van der Waals surface area contributed by atoms with Crippen molar-refractivity contribution in [3.8, 4) is 0 Å². The van der Waals surface area contributed by atoms with Crippen LogP contribution in [0.3, 0.4) is 0 Å². The molecule has 0 unspecified atom stereocenters. The molecule has 0 aromatic rings. The number of hydrogen-bond donors (Lipinski definition) is 0. The Labute approximate surface area is 107 Å². The Kier molecular flexibility index (Phi) is 4.96. The molecule has 0 heterocycles. The molecule has 1 rings (SSSR count). The average Bonchev–Trinajstić information content (AvgIpc) is 2.25. The molecule has 0 aromatic carbocycles. The van der Waals surface area contributed by atoms with Crippen molar-refractivity contribution in [3.05, 3.63) is 0 Å². The van der Waals surface area contributed by atoms with Crippen molar-refractivity contribution in [2.24, 2.45) is 11.8 Å². The maximum atomic E-state index is 11.0. The lowest BCUT2D eigenvalue weighted by molar-refractivity contribution is -0.114. The van der Waals surface area contributed by atoms with Crippen molar-refractivity contribution in [1.82, 2.24) is 0 Å². The summed E-state index contributed by atoms with van der Waals surface area (Å²) in [7, 11) is -1.65. The molecule has 2 nitrogen and oxygen atoms in total. The van der Waals surface area contributed by atoms with Gasteiger partial charge in [0.1, 0.15) is 6.29 Å². The highest BCUT2D eigenvalue weighted by molar-refractivity contribution is 6.74. The fourth-order valence-electron chi connectivity index (χ4n) is 2.15. The molecule has 1 fully saturated rings. The minimum atomic E-state index is -1.65. The van der Waals surface area contributed by atoms with Crippen molar-refractivity contribution in [3.63, 3.8) is 0 Å². The lowest BCUT2D eigenvalue weighted by atomic mass is 9.81. The molecule has 2 atom stereocenters. The molecule has 17 heavy (non-hydrogen) atoms. The summed E-state index contributed by atoms with van der Waals surface area (Å²) in [6.45, 7) is 12.1. The minimum Gasteiger partial charge on any atom is -0.417 e. The zero-order valence-corrected chi connectivity index (χ0v) is 13.1. The molecule has 0 radical (unpaired) electrons. The van der Waals surface area contributed by atoms with Gasteiger partial charge in [-0.1, -0.05) is 33.6 Å². The first-order valence-corrected chi connectivity index (χ1v) is 9.78. The van der Waals surface area contributed by atoms with Gasteiger partial charge in [0, 0.05) is 12.5 Å². The first-order chi connectivity index (χ1) is 7.78. The highest BCUT2D eigenvalue weighted by Gasteiger charge is 2.38. The van der Waals surface area contributed by atoms with Crippen molar-refractivity contribution in [2.75, 3.05) is 6.61 Å². The van der Waals surface area contributed by atoms with Crippen LogP contribution in [0.2, 0.25) is 18.1 Å². The van der Waals surface area contributed by atoms with E-state index in [0.717, 1.165) is 25.7 Å². The Bertz CT molecular complexity index is 255. The van der Waals surface area contributed by atoms with E-state index in [2.05, 4.69) is 33.9 Å². The summed E-state index contributed by atoms with van der Waals surface area (Å²) >= 11 is 0. The number of carbonyl (C=O) groups excluding carboxylic acids is 1. The van der Waals surface area contributed by atoms with E-state index in [0.29, 0.717) is 5.92 Å². The summed E-state index contributed by atoms with van der Waals surface area (Å²) in [4.78, 5) is 11.0. The van der Waals surface area contributed by atoms with Gasteiger partial charge < -0.3 is 9.22 Å². The third-order valence-corrected chi connectivity index (χ3v) is 9.11. The fraction of sp³-hybridized carbons (Fsp3) is 0.929.